The summed E-state index contributed by atoms with van der Waals surface area (Å²) in [6.45, 7) is 10.4. The third kappa shape index (κ3) is 9.03. The predicted molar refractivity (Wildman–Crippen MR) is 172 cm³/mol. The summed E-state index contributed by atoms with van der Waals surface area (Å²) in [4.78, 5) is 16.3. The van der Waals surface area contributed by atoms with Crippen molar-refractivity contribution < 1.29 is 17.9 Å². The number of sulfonamides is 1. The van der Waals surface area contributed by atoms with Crippen LogP contribution < -0.4 is 0 Å². The molecule has 1 aliphatic rings. The maximum Gasteiger partial charge on any atom is 0.243 e. The van der Waals surface area contributed by atoms with Crippen LogP contribution in [0.3, 0.4) is 0 Å². The first kappa shape index (κ1) is 33.0. The molecule has 0 unspecified atom stereocenters. The van der Waals surface area contributed by atoms with Crippen LogP contribution in [0, 0.1) is 0 Å². The van der Waals surface area contributed by atoms with Gasteiger partial charge >= 0.3 is 0 Å². The lowest BCUT2D eigenvalue weighted by atomic mass is 9.87. The summed E-state index contributed by atoms with van der Waals surface area (Å²) in [5.74, 6) is -0.148. The lowest BCUT2D eigenvalue weighted by Crippen LogP contribution is -2.47. The largest absolute Gasteiger partial charge is 0.382 e. The van der Waals surface area contributed by atoms with Crippen molar-refractivity contribution in [3.63, 3.8) is 0 Å². The Morgan fingerprint density at radius 1 is 0.953 bits per heavy atom. The van der Waals surface area contributed by atoms with E-state index >= 15 is 0 Å². The monoisotopic (exact) mass is 607 g/mol. The molecule has 43 heavy (non-hydrogen) atoms. The van der Waals surface area contributed by atoms with Gasteiger partial charge in [-0.05, 0) is 67.0 Å². The van der Waals surface area contributed by atoms with E-state index in [9.17, 15) is 13.2 Å². The molecular weight excluding hydrogens is 558 g/mol. The fourth-order valence-corrected chi connectivity index (χ4v) is 7.23. The highest BCUT2D eigenvalue weighted by Gasteiger charge is 2.32. The molecule has 234 valence electrons. The SMILES string of the molecule is CCOCCCN(CC(=O)N(Cc1cccn1Cc1ccccc1)C1CCCCC1)S(=O)(=O)c1ccc(C(C)(C)C)cc1. The van der Waals surface area contributed by atoms with Crippen molar-refractivity contribution in [3.8, 4) is 0 Å². The Hall–Kier alpha value is -2.94. The van der Waals surface area contributed by atoms with Gasteiger partial charge in [0.1, 0.15) is 0 Å². The van der Waals surface area contributed by atoms with Crippen molar-refractivity contribution in [3.05, 3.63) is 89.7 Å². The molecule has 0 bridgehead atoms. The summed E-state index contributed by atoms with van der Waals surface area (Å²) in [5.41, 5.74) is 3.21. The number of hydrogen-bond acceptors (Lipinski definition) is 4. The number of carbonyl (C=O) groups excluding carboxylic acids is 1. The maximum absolute atomic E-state index is 14.2. The van der Waals surface area contributed by atoms with Crippen molar-refractivity contribution in [2.45, 2.75) is 95.7 Å². The van der Waals surface area contributed by atoms with Crippen LogP contribution in [0.1, 0.15) is 83.0 Å². The van der Waals surface area contributed by atoms with Gasteiger partial charge in [-0.25, -0.2) is 8.42 Å². The van der Waals surface area contributed by atoms with Crippen LogP contribution >= 0.6 is 0 Å². The number of nitrogens with zero attached hydrogens (tertiary/aromatic N) is 3. The summed E-state index contributed by atoms with van der Waals surface area (Å²) < 4.78 is 37.0. The van der Waals surface area contributed by atoms with E-state index in [-0.39, 0.29) is 35.3 Å². The van der Waals surface area contributed by atoms with E-state index in [1.54, 1.807) is 12.1 Å². The summed E-state index contributed by atoms with van der Waals surface area (Å²) in [5, 5.41) is 0. The highest BCUT2D eigenvalue weighted by Crippen LogP contribution is 2.27. The molecule has 8 heteroatoms. The van der Waals surface area contributed by atoms with Crippen molar-refractivity contribution >= 4 is 15.9 Å². The molecule has 7 nitrogen and oxygen atoms in total. The van der Waals surface area contributed by atoms with Gasteiger partial charge in [0, 0.05) is 44.2 Å². The fraction of sp³-hybridized carbons (Fsp3) is 0.514. The maximum atomic E-state index is 14.2. The molecule has 1 aromatic heterocycles. The molecule has 1 aliphatic carbocycles. The van der Waals surface area contributed by atoms with Crippen LogP contribution in [0.25, 0.3) is 0 Å². The van der Waals surface area contributed by atoms with E-state index in [1.807, 2.05) is 48.2 Å². The number of hydrogen-bond donors (Lipinski definition) is 0. The van der Waals surface area contributed by atoms with E-state index in [4.69, 9.17) is 4.74 Å². The number of ether oxygens (including phenoxy) is 1. The molecule has 4 rings (SSSR count). The lowest BCUT2D eigenvalue weighted by molar-refractivity contribution is -0.135. The second-order valence-corrected chi connectivity index (χ2v) is 14.5. The van der Waals surface area contributed by atoms with Gasteiger partial charge in [-0.2, -0.15) is 4.31 Å². The van der Waals surface area contributed by atoms with Gasteiger partial charge in [0.05, 0.1) is 18.0 Å². The molecule has 1 fully saturated rings. The van der Waals surface area contributed by atoms with Gasteiger partial charge in [0.2, 0.25) is 15.9 Å². The van der Waals surface area contributed by atoms with Gasteiger partial charge in [-0.1, -0.05) is 82.5 Å². The van der Waals surface area contributed by atoms with Crippen LogP contribution in [0.5, 0.6) is 0 Å². The van der Waals surface area contributed by atoms with Gasteiger partial charge in [-0.3, -0.25) is 4.79 Å². The number of amides is 1. The van der Waals surface area contributed by atoms with Crippen molar-refractivity contribution in [2.24, 2.45) is 0 Å². The third-order valence-electron chi connectivity index (χ3n) is 8.36. The van der Waals surface area contributed by atoms with Crippen LogP contribution in [0.2, 0.25) is 0 Å². The van der Waals surface area contributed by atoms with Crippen LogP contribution in [-0.4, -0.2) is 60.4 Å². The topological polar surface area (TPSA) is 71.8 Å². The van der Waals surface area contributed by atoms with E-state index in [1.165, 1.54) is 16.3 Å². The molecule has 0 saturated heterocycles. The highest BCUT2D eigenvalue weighted by atomic mass is 32.2. The van der Waals surface area contributed by atoms with E-state index in [2.05, 4.69) is 49.7 Å². The first-order valence-electron chi connectivity index (χ1n) is 15.8. The van der Waals surface area contributed by atoms with Crippen LogP contribution in [0.4, 0.5) is 0 Å². The molecule has 0 N–H and O–H groups in total. The number of rotatable bonds is 14. The second kappa shape index (κ2) is 15.2. The Balaban J connectivity index is 1.59. The summed E-state index contributed by atoms with van der Waals surface area (Å²) in [6, 6.07) is 21.6. The number of carbonyl (C=O) groups is 1. The minimum absolute atomic E-state index is 0.0892. The minimum Gasteiger partial charge on any atom is -0.382 e. The summed E-state index contributed by atoms with van der Waals surface area (Å²) >= 11 is 0. The molecule has 0 spiro atoms. The molecule has 0 radical (unpaired) electrons. The van der Waals surface area contributed by atoms with Gasteiger partial charge in [-0.15, -0.1) is 0 Å². The highest BCUT2D eigenvalue weighted by molar-refractivity contribution is 7.89. The quantitative estimate of drug-likeness (QED) is 0.193. The van der Waals surface area contributed by atoms with Gasteiger partial charge < -0.3 is 14.2 Å². The first-order valence-corrected chi connectivity index (χ1v) is 17.2. The molecule has 2 aromatic carbocycles. The zero-order valence-electron chi connectivity index (χ0n) is 26.4. The van der Waals surface area contributed by atoms with Crippen LogP contribution in [-0.2, 0) is 38.1 Å². The van der Waals surface area contributed by atoms with Crippen molar-refractivity contribution in [1.29, 1.82) is 0 Å². The Bertz CT molecular complexity index is 1390. The summed E-state index contributed by atoms with van der Waals surface area (Å²) in [7, 11) is -3.90. The van der Waals surface area contributed by atoms with E-state index in [0.717, 1.165) is 43.5 Å². The van der Waals surface area contributed by atoms with Gasteiger partial charge in [0.25, 0.3) is 0 Å². The average molecular weight is 608 g/mol. The normalized spacial score (nSPS) is 14.7. The summed E-state index contributed by atoms with van der Waals surface area (Å²) in [6.07, 6.45) is 7.78. The first-order chi connectivity index (χ1) is 20.6. The second-order valence-electron chi connectivity index (χ2n) is 12.6. The van der Waals surface area contributed by atoms with Crippen molar-refractivity contribution in [2.75, 3.05) is 26.3 Å². The molecule has 0 aliphatic heterocycles. The molecule has 1 amide bonds. The number of benzene rings is 2. The zero-order valence-corrected chi connectivity index (χ0v) is 27.2. The van der Waals surface area contributed by atoms with E-state index < -0.39 is 10.0 Å². The minimum atomic E-state index is -3.90. The average Bonchev–Trinajstić information content (AvgIpc) is 3.44. The predicted octanol–water partition coefficient (Wildman–Crippen LogP) is 6.61. The standard InChI is InChI=1S/C35H49N3O4S/c1-5-42-25-13-24-37(43(40,41)33-21-19-30(20-22-33)35(2,3)4)28-34(39)38(31-16-10-7-11-17-31)27-32-18-12-23-36(32)26-29-14-8-6-9-15-29/h6,8-9,12,14-15,18-23,31H,5,7,10-11,13,16-17,24-28H2,1-4H3. The van der Waals surface area contributed by atoms with Gasteiger partial charge in [0.15, 0.2) is 0 Å². The fourth-order valence-electron chi connectivity index (χ4n) is 5.80. The molecular formula is C35H49N3O4S. The Morgan fingerprint density at radius 3 is 2.30 bits per heavy atom. The Morgan fingerprint density at radius 2 is 1.65 bits per heavy atom. The molecule has 1 heterocycles. The smallest absolute Gasteiger partial charge is 0.243 e. The van der Waals surface area contributed by atoms with Crippen LogP contribution in [0.15, 0.2) is 77.8 Å². The molecule has 3 aromatic rings. The molecule has 0 atom stereocenters. The molecule has 1 saturated carbocycles. The zero-order chi connectivity index (χ0) is 30.9. The Kier molecular flexibility index (Phi) is 11.6. The lowest BCUT2D eigenvalue weighted by Gasteiger charge is -2.36. The van der Waals surface area contributed by atoms with E-state index in [0.29, 0.717) is 26.2 Å². The Labute approximate surface area is 258 Å². The number of aromatic nitrogens is 1. The third-order valence-corrected chi connectivity index (χ3v) is 10.2. The van der Waals surface area contributed by atoms with Crippen molar-refractivity contribution in [1.82, 2.24) is 13.8 Å².